The number of nitrogens with zero attached hydrogens (tertiary/aromatic N) is 3. The molecule has 0 saturated carbocycles. The van der Waals surface area contributed by atoms with Gasteiger partial charge in [-0.15, -0.1) is 22.9 Å². The fourth-order valence-electron chi connectivity index (χ4n) is 2.18. The summed E-state index contributed by atoms with van der Waals surface area (Å²) < 4.78 is 2.15. The Balaban J connectivity index is 2.10. The molecule has 3 rings (SSSR count). The van der Waals surface area contributed by atoms with Crippen LogP contribution in [0.25, 0.3) is 11.0 Å². The lowest BCUT2D eigenvalue weighted by Crippen LogP contribution is -2.03. The maximum atomic E-state index is 6.01. The van der Waals surface area contributed by atoms with Crippen molar-refractivity contribution in [3.05, 3.63) is 45.7 Å². The van der Waals surface area contributed by atoms with Crippen LogP contribution in [0.2, 0.25) is 0 Å². The molecule has 0 fully saturated rings. The number of rotatable bonds is 3. The minimum atomic E-state index is 0.415. The highest BCUT2D eigenvalue weighted by molar-refractivity contribution is 7.11. The molecule has 0 aliphatic heterocycles. The smallest absolute Gasteiger partial charge is 0.125 e. The van der Waals surface area contributed by atoms with Crippen LogP contribution in [0, 0.1) is 13.8 Å². The van der Waals surface area contributed by atoms with Gasteiger partial charge in [0, 0.05) is 11.1 Å². The molecule has 0 amide bonds. The molecule has 0 aliphatic carbocycles. The van der Waals surface area contributed by atoms with E-state index in [0.717, 1.165) is 28.4 Å². The summed E-state index contributed by atoms with van der Waals surface area (Å²) in [5, 5.41) is 1.09. The standard InChI is InChI=1S/C14H14ClN3S/c1-9-3-4-12-11(5-9)17-13(6-15)18(12)8-14-16-7-10(2)19-14/h3-5,7H,6,8H2,1-2H3. The van der Waals surface area contributed by atoms with E-state index in [4.69, 9.17) is 11.6 Å². The summed E-state index contributed by atoms with van der Waals surface area (Å²) in [6.45, 7) is 4.88. The van der Waals surface area contributed by atoms with Crippen molar-refractivity contribution in [1.82, 2.24) is 14.5 Å². The molecular formula is C14H14ClN3S. The summed E-state index contributed by atoms with van der Waals surface area (Å²) in [7, 11) is 0. The summed E-state index contributed by atoms with van der Waals surface area (Å²) >= 11 is 7.73. The summed E-state index contributed by atoms with van der Waals surface area (Å²) in [4.78, 5) is 10.2. The third-order valence-electron chi connectivity index (χ3n) is 3.06. The van der Waals surface area contributed by atoms with Crippen molar-refractivity contribution in [1.29, 1.82) is 0 Å². The van der Waals surface area contributed by atoms with Crippen LogP contribution in [0.1, 0.15) is 21.3 Å². The second-order valence-corrected chi connectivity index (χ2v) is 6.19. The second-order valence-electron chi connectivity index (χ2n) is 4.60. The van der Waals surface area contributed by atoms with Crippen molar-refractivity contribution in [2.24, 2.45) is 0 Å². The van der Waals surface area contributed by atoms with Crippen molar-refractivity contribution in [3.8, 4) is 0 Å². The van der Waals surface area contributed by atoms with Crippen molar-refractivity contribution in [3.63, 3.8) is 0 Å². The van der Waals surface area contributed by atoms with E-state index >= 15 is 0 Å². The SMILES string of the molecule is Cc1ccc2c(c1)nc(CCl)n2Cc1ncc(C)s1. The second kappa shape index (κ2) is 4.94. The van der Waals surface area contributed by atoms with Gasteiger partial charge in [-0.05, 0) is 31.5 Å². The number of imidazole rings is 1. The minimum Gasteiger partial charge on any atom is -0.320 e. The van der Waals surface area contributed by atoms with Gasteiger partial charge < -0.3 is 4.57 Å². The van der Waals surface area contributed by atoms with E-state index in [-0.39, 0.29) is 0 Å². The number of thiazole rings is 1. The van der Waals surface area contributed by atoms with Crippen LogP contribution in [-0.2, 0) is 12.4 Å². The highest BCUT2D eigenvalue weighted by Crippen LogP contribution is 2.22. The van der Waals surface area contributed by atoms with Crippen LogP contribution >= 0.6 is 22.9 Å². The minimum absolute atomic E-state index is 0.415. The molecule has 1 aromatic carbocycles. The molecule has 0 bridgehead atoms. The molecule has 98 valence electrons. The lowest BCUT2D eigenvalue weighted by atomic mass is 10.2. The molecule has 3 nitrogen and oxygen atoms in total. The zero-order chi connectivity index (χ0) is 13.4. The van der Waals surface area contributed by atoms with Gasteiger partial charge >= 0.3 is 0 Å². The quantitative estimate of drug-likeness (QED) is 0.685. The van der Waals surface area contributed by atoms with Crippen LogP contribution < -0.4 is 0 Å². The average Bonchev–Trinajstić information content (AvgIpc) is 2.94. The normalized spacial score (nSPS) is 11.3. The lowest BCUT2D eigenvalue weighted by Gasteiger charge is -2.05. The molecule has 3 aromatic rings. The fraction of sp³-hybridized carbons (Fsp3) is 0.286. The first kappa shape index (κ1) is 12.6. The van der Waals surface area contributed by atoms with E-state index in [9.17, 15) is 0 Å². The van der Waals surface area contributed by atoms with E-state index in [1.165, 1.54) is 10.4 Å². The van der Waals surface area contributed by atoms with Crippen molar-refractivity contribution in [2.75, 3.05) is 0 Å². The molecule has 0 unspecified atom stereocenters. The molecule has 0 radical (unpaired) electrons. The molecule has 0 N–H and O–H groups in total. The largest absolute Gasteiger partial charge is 0.320 e. The Morgan fingerprint density at radius 2 is 2.16 bits per heavy atom. The first-order chi connectivity index (χ1) is 9.17. The van der Waals surface area contributed by atoms with Gasteiger partial charge in [-0.3, -0.25) is 0 Å². The van der Waals surface area contributed by atoms with Crippen LogP contribution in [0.15, 0.2) is 24.4 Å². The maximum Gasteiger partial charge on any atom is 0.125 e. The van der Waals surface area contributed by atoms with E-state index in [1.807, 2.05) is 6.20 Å². The van der Waals surface area contributed by atoms with E-state index in [2.05, 4.69) is 46.6 Å². The first-order valence-electron chi connectivity index (χ1n) is 6.10. The molecule has 2 heterocycles. The summed E-state index contributed by atoms with van der Waals surface area (Å²) in [5.41, 5.74) is 3.33. The maximum absolute atomic E-state index is 6.01. The molecule has 5 heteroatoms. The van der Waals surface area contributed by atoms with Crippen LogP contribution in [0.4, 0.5) is 0 Å². The molecule has 19 heavy (non-hydrogen) atoms. The molecule has 0 aliphatic rings. The highest BCUT2D eigenvalue weighted by atomic mass is 35.5. The summed E-state index contributed by atoms with van der Waals surface area (Å²) in [5.74, 6) is 1.31. The summed E-state index contributed by atoms with van der Waals surface area (Å²) in [6.07, 6.45) is 1.91. The number of aryl methyl sites for hydroxylation is 2. The van der Waals surface area contributed by atoms with E-state index in [1.54, 1.807) is 11.3 Å². The van der Waals surface area contributed by atoms with Crippen molar-refractivity contribution >= 4 is 34.0 Å². The predicted octanol–water partition coefficient (Wildman–Crippen LogP) is 3.90. The van der Waals surface area contributed by atoms with Gasteiger partial charge in [-0.2, -0.15) is 0 Å². The third-order valence-corrected chi connectivity index (χ3v) is 4.20. The number of hydrogen-bond acceptors (Lipinski definition) is 3. The highest BCUT2D eigenvalue weighted by Gasteiger charge is 2.11. The summed E-state index contributed by atoms with van der Waals surface area (Å²) in [6, 6.07) is 6.30. The molecule has 0 atom stereocenters. The van der Waals surface area contributed by atoms with Crippen molar-refractivity contribution < 1.29 is 0 Å². The average molecular weight is 292 g/mol. The predicted molar refractivity (Wildman–Crippen MR) is 80.0 cm³/mol. The Kier molecular flexibility index (Phi) is 3.29. The first-order valence-corrected chi connectivity index (χ1v) is 7.45. The zero-order valence-electron chi connectivity index (χ0n) is 10.9. The fourth-order valence-corrected chi connectivity index (χ4v) is 3.16. The topological polar surface area (TPSA) is 30.7 Å². The molecule has 2 aromatic heterocycles. The number of hydrogen-bond donors (Lipinski definition) is 0. The Labute approximate surface area is 120 Å². The Hall–Kier alpha value is -1.39. The number of halogens is 1. The van der Waals surface area contributed by atoms with Gasteiger partial charge in [-0.1, -0.05) is 6.07 Å². The Morgan fingerprint density at radius 3 is 2.84 bits per heavy atom. The van der Waals surface area contributed by atoms with Crippen molar-refractivity contribution in [2.45, 2.75) is 26.3 Å². The molecule has 0 saturated heterocycles. The van der Waals surface area contributed by atoms with Crippen LogP contribution in [-0.4, -0.2) is 14.5 Å². The lowest BCUT2D eigenvalue weighted by molar-refractivity contribution is 0.773. The van der Waals surface area contributed by atoms with Gasteiger partial charge in [-0.25, -0.2) is 9.97 Å². The monoisotopic (exact) mass is 291 g/mol. The van der Waals surface area contributed by atoms with Crippen LogP contribution in [0.3, 0.4) is 0 Å². The van der Waals surface area contributed by atoms with Gasteiger partial charge in [0.25, 0.3) is 0 Å². The molecular weight excluding hydrogens is 278 g/mol. The van der Waals surface area contributed by atoms with Gasteiger partial charge in [0.05, 0.1) is 23.5 Å². The van der Waals surface area contributed by atoms with Gasteiger partial charge in [0.15, 0.2) is 0 Å². The molecule has 0 spiro atoms. The van der Waals surface area contributed by atoms with Crippen LogP contribution in [0.5, 0.6) is 0 Å². The number of fused-ring (bicyclic) bond motifs is 1. The Morgan fingerprint density at radius 1 is 1.32 bits per heavy atom. The number of alkyl halides is 1. The van der Waals surface area contributed by atoms with E-state index in [0.29, 0.717) is 5.88 Å². The van der Waals surface area contributed by atoms with Gasteiger partial charge in [0.1, 0.15) is 10.8 Å². The zero-order valence-corrected chi connectivity index (χ0v) is 12.4. The third kappa shape index (κ3) is 2.38. The Bertz CT molecular complexity index is 729. The van der Waals surface area contributed by atoms with Gasteiger partial charge in [0.2, 0.25) is 0 Å². The van der Waals surface area contributed by atoms with E-state index < -0.39 is 0 Å². The number of aromatic nitrogens is 3. The number of benzene rings is 1.